The summed E-state index contributed by atoms with van der Waals surface area (Å²) in [6.07, 6.45) is 2.19. The van der Waals surface area contributed by atoms with Crippen molar-refractivity contribution in [2.24, 2.45) is 0 Å². The molecule has 17 heavy (non-hydrogen) atoms. The van der Waals surface area contributed by atoms with Crippen molar-refractivity contribution in [1.29, 1.82) is 0 Å². The molecule has 6 heteroatoms. The fourth-order valence-corrected chi connectivity index (χ4v) is 2.73. The highest BCUT2D eigenvalue weighted by molar-refractivity contribution is 7.13. The third-order valence-corrected chi connectivity index (χ3v) is 3.88. The van der Waals surface area contributed by atoms with E-state index in [1.807, 2.05) is 5.38 Å². The van der Waals surface area contributed by atoms with Gasteiger partial charge in [0.1, 0.15) is 0 Å². The summed E-state index contributed by atoms with van der Waals surface area (Å²) in [6, 6.07) is 1.62. The second-order valence-electron chi connectivity index (χ2n) is 4.56. The largest absolute Gasteiger partial charge is 0.374 e. The third kappa shape index (κ3) is 3.24. The van der Waals surface area contributed by atoms with Crippen molar-refractivity contribution in [2.45, 2.75) is 31.9 Å². The van der Waals surface area contributed by atoms with E-state index in [1.54, 1.807) is 6.07 Å². The number of nitro groups is 1. The summed E-state index contributed by atoms with van der Waals surface area (Å²) in [5.74, 6) is 0. The SMILES string of the molecule is CC1(CNCc2csc([N+](=O)[O-])c2)CCCO1. The normalized spacial score (nSPS) is 24.1. The molecule has 1 aromatic rings. The van der Waals surface area contributed by atoms with Crippen molar-refractivity contribution in [1.82, 2.24) is 5.32 Å². The van der Waals surface area contributed by atoms with Crippen LogP contribution in [0.25, 0.3) is 0 Å². The Hall–Kier alpha value is -0.980. The Morgan fingerprint density at radius 3 is 3.12 bits per heavy atom. The van der Waals surface area contributed by atoms with Crippen molar-refractivity contribution in [3.8, 4) is 0 Å². The Morgan fingerprint density at radius 1 is 1.71 bits per heavy atom. The molecule has 5 nitrogen and oxygen atoms in total. The van der Waals surface area contributed by atoms with E-state index in [0.717, 1.165) is 31.6 Å². The second kappa shape index (κ2) is 5.12. The molecule has 94 valence electrons. The maximum atomic E-state index is 10.5. The van der Waals surface area contributed by atoms with Gasteiger partial charge in [-0.15, -0.1) is 0 Å². The van der Waals surface area contributed by atoms with Gasteiger partial charge in [0.05, 0.1) is 10.5 Å². The Morgan fingerprint density at radius 2 is 2.53 bits per heavy atom. The van der Waals surface area contributed by atoms with Crippen molar-refractivity contribution >= 4 is 16.3 Å². The molecular formula is C11H16N2O3S. The molecule has 1 aliphatic heterocycles. The molecular weight excluding hydrogens is 240 g/mol. The third-order valence-electron chi connectivity index (χ3n) is 2.95. The minimum absolute atomic E-state index is 0.0675. The molecule has 0 aliphatic carbocycles. The van der Waals surface area contributed by atoms with Crippen LogP contribution in [0.4, 0.5) is 5.00 Å². The fraction of sp³-hybridized carbons (Fsp3) is 0.636. The number of nitrogens with one attached hydrogen (secondary N) is 1. The summed E-state index contributed by atoms with van der Waals surface area (Å²) in [5, 5.41) is 15.8. The first kappa shape index (κ1) is 12.5. The van der Waals surface area contributed by atoms with Crippen LogP contribution in [0.15, 0.2) is 11.4 Å². The van der Waals surface area contributed by atoms with Gasteiger partial charge in [0.2, 0.25) is 0 Å². The number of thiophene rings is 1. The van der Waals surface area contributed by atoms with Gasteiger partial charge in [-0.05, 0) is 25.3 Å². The van der Waals surface area contributed by atoms with Crippen molar-refractivity contribution in [3.05, 3.63) is 27.1 Å². The monoisotopic (exact) mass is 256 g/mol. The molecule has 0 bridgehead atoms. The molecule has 0 aromatic carbocycles. The van der Waals surface area contributed by atoms with E-state index < -0.39 is 0 Å². The molecule has 1 N–H and O–H groups in total. The van der Waals surface area contributed by atoms with Gasteiger partial charge in [0.15, 0.2) is 0 Å². The molecule has 0 saturated carbocycles. The van der Waals surface area contributed by atoms with Crippen molar-refractivity contribution in [3.63, 3.8) is 0 Å². The van der Waals surface area contributed by atoms with Gasteiger partial charge >= 0.3 is 5.00 Å². The number of hydrogen-bond acceptors (Lipinski definition) is 5. The molecule has 0 amide bonds. The number of rotatable bonds is 5. The lowest BCUT2D eigenvalue weighted by Gasteiger charge is -2.23. The molecule has 1 atom stereocenters. The molecule has 0 radical (unpaired) electrons. The van der Waals surface area contributed by atoms with Crippen LogP contribution in [0, 0.1) is 10.1 Å². The van der Waals surface area contributed by atoms with E-state index in [-0.39, 0.29) is 15.5 Å². The Kier molecular flexibility index (Phi) is 3.76. The predicted octanol–water partition coefficient (Wildman–Crippen LogP) is 2.32. The lowest BCUT2D eigenvalue weighted by atomic mass is 10.0. The average molecular weight is 256 g/mol. The fourth-order valence-electron chi connectivity index (χ4n) is 2.00. The highest BCUT2D eigenvalue weighted by Crippen LogP contribution is 2.25. The summed E-state index contributed by atoms with van der Waals surface area (Å²) in [6.45, 7) is 4.38. The van der Waals surface area contributed by atoms with E-state index in [9.17, 15) is 10.1 Å². The van der Waals surface area contributed by atoms with Gasteiger partial charge in [-0.3, -0.25) is 10.1 Å². The quantitative estimate of drug-likeness (QED) is 0.648. The van der Waals surface area contributed by atoms with E-state index in [2.05, 4.69) is 12.2 Å². The van der Waals surface area contributed by atoms with Crippen LogP contribution < -0.4 is 5.32 Å². The first-order valence-corrected chi connectivity index (χ1v) is 6.53. The van der Waals surface area contributed by atoms with Gasteiger partial charge < -0.3 is 10.1 Å². The van der Waals surface area contributed by atoms with E-state index in [1.165, 1.54) is 11.3 Å². The van der Waals surface area contributed by atoms with Crippen molar-refractivity contribution in [2.75, 3.05) is 13.2 Å². The lowest BCUT2D eigenvalue weighted by Crippen LogP contribution is -2.36. The average Bonchev–Trinajstić information content (AvgIpc) is 2.88. The van der Waals surface area contributed by atoms with Crippen molar-refractivity contribution < 1.29 is 9.66 Å². The zero-order chi connectivity index (χ0) is 12.3. The standard InChI is InChI=1S/C11H16N2O3S/c1-11(3-2-4-16-11)8-12-6-9-5-10(13(14)15)17-7-9/h5,7,12H,2-4,6,8H2,1H3. The summed E-state index contributed by atoms with van der Waals surface area (Å²) < 4.78 is 5.65. The zero-order valence-corrected chi connectivity index (χ0v) is 10.6. The zero-order valence-electron chi connectivity index (χ0n) is 9.77. The summed E-state index contributed by atoms with van der Waals surface area (Å²) in [7, 11) is 0. The van der Waals surface area contributed by atoms with Gasteiger partial charge in [-0.25, -0.2) is 0 Å². The minimum Gasteiger partial charge on any atom is -0.374 e. The highest BCUT2D eigenvalue weighted by atomic mass is 32.1. The van der Waals surface area contributed by atoms with Crippen LogP contribution in [0.3, 0.4) is 0 Å². The summed E-state index contributed by atoms with van der Waals surface area (Å²) in [5.41, 5.74) is 0.894. The molecule has 0 spiro atoms. The molecule has 1 fully saturated rings. The highest BCUT2D eigenvalue weighted by Gasteiger charge is 2.29. The lowest BCUT2D eigenvalue weighted by molar-refractivity contribution is -0.380. The topological polar surface area (TPSA) is 64.4 Å². The smallest absolute Gasteiger partial charge is 0.324 e. The molecule has 1 aliphatic rings. The molecule has 1 unspecified atom stereocenters. The van der Waals surface area contributed by atoms with Gasteiger partial charge in [-0.1, -0.05) is 11.3 Å². The second-order valence-corrected chi connectivity index (χ2v) is 5.45. The molecule has 2 heterocycles. The Bertz CT molecular complexity index is 399. The van der Waals surface area contributed by atoms with Crippen LogP contribution in [0.1, 0.15) is 25.3 Å². The minimum atomic E-state index is -0.352. The summed E-state index contributed by atoms with van der Waals surface area (Å²) >= 11 is 1.17. The van der Waals surface area contributed by atoms with Crippen LogP contribution in [-0.4, -0.2) is 23.7 Å². The summed E-state index contributed by atoms with van der Waals surface area (Å²) in [4.78, 5) is 10.2. The van der Waals surface area contributed by atoms with E-state index in [4.69, 9.17) is 4.74 Å². The van der Waals surface area contributed by atoms with Gasteiger partial charge in [0.25, 0.3) is 0 Å². The maximum absolute atomic E-state index is 10.5. The van der Waals surface area contributed by atoms with Crippen LogP contribution in [0.5, 0.6) is 0 Å². The van der Waals surface area contributed by atoms with Crippen LogP contribution in [0.2, 0.25) is 0 Å². The predicted molar refractivity (Wildman–Crippen MR) is 66.3 cm³/mol. The first-order chi connectivity index (χ1) is 8.09. The van der Waals surface area contributed by atoms with Crippen LogP contribution >= 0.6 is 11.3 Å². The molecule has 2 rings (SSSR count). The number of ether oxygens (including phenoxy) is 1. The van der Waals surface area contributed by atoms with E-state index in [0.29, 0.717) is 6.54 Å². The first-order valence-electron chi connectivity index (χ1n) is 5.66. The molecule has 1 aromatic heterocycles. The van der Waals surface area contributed by atoms with Gasteiger partial charge in [-0.2, -0.15) is 0 Å². The Labute approximate surface area is 104 Å². The van der Waals surface area contributed by atoms with E-state index >= 15 is 0 Å². The Balaban J connectivity index is 1.79. The number of hydrogen-bond donors (Lipinski definition) is 1. The molecule has 1 saturated heterocycles. The maximum Gasteiger partial charge on any atom is 0.324 e. The van der Waals surface area contributed by atoms with Gasteiger partial charge in [0, 0.05) is 31.1 Å². The number of nitrogens with zero attached hydrogens (tertiary/aromatic N) is 1. The van der Waals surface area contributed by atoms with Crippen LogP contribution in [-0.2, 0) is 11.3 Å².